The van der Waals surface area contributed by atoms with Gasteiger partial charge in [0.15, 0.2) is 0 Å². The number of hydrogen-bond acceptors (Lipinski definition) is 4. The minimum absolute atomic E-state index is 0.0649. The van der Waals surface area contributed by atoms with E-state index in [1.165, 1.54) is 18.6 Å². The molecule has 0 aliphatic heterocycles. The molecule has 1 aliphatic rings. The lowest BCUT2D eigenvalue weighted by molar-refractivity contribution is -0.140. The minimum Gasteiger partial charge on any atom is -0.352 e. The van der Waals surface area contributed by atoms with Crippen molar-refractivity contribution < 1.29 is 18.0 Å². The molecule has 2 amide bonds. The van der Waals surface area contributed by atoms with Gasteiger partial charge in [0.25, 0.3) is 10.0 Å². The van der Waals surface area contributed by atoms with Crippen LogP contribution < -0.4 is 9.62 Å². The Labute approximate surface area is 254 Å². The van der Waals surface area contributed by atoms with Crippen LogP contribution in [0.15, 0.2) is 83.8 Å². The van der Waals surface area contributed by atoms with Gasteiger partial charge in [0.2, 0.25) is 11.8 Å². The number of aryl methyl sites for hydroxylation is 1. The van der Waals surface area contributed by atoms with Crippen LogP contribution in [0.4, 0.5) is 5.69 Å². The smallest absolute Gasteiger partial charge is 0.264 e. The summed E-state index contributed by atoms with van der Waals surface area (Å²) in [5.74, 6) is -0.641. The summed E-state index contributed by atoms with van der Waals surface area (Å²) in [6.07, 6.45) is 6.10. The fourth-order valence-electron chi connectivity index (χ4n) is 5.52. The molecule has 1 fully saturated rings. The molecule has 42 heavy (non-hydrogen) atoms. The standard InChI is InChI=1S/C33H40ClN3O4S/c1-3-30(33(39)35-28-15-9-5-10-16-28)36(22-21-26-13-7-4-8-14-26)32(38)24-37(31-23-27(34)20-19-25(31)2)42(40,41)29-17-11-6-12-18-29/h4,6-8,11-14,17-20,23,28,30H,3,5,9-10,15-16,21-22,24H2,1-2H3,(H,35,39)/t30-/m1/s1. The van der Waals surface area contributed by atoms with Gasteiger partial charge in [0.05, 0.1) is 10.6 Å². The molecule has 9 heteroatoms. The Morgan fingerprint density at radius 1 is 0.952 bits per heavy atom. The third kappa shape index (κ3) is 7.92. The zero-order chi connectivity index (χ0) is 30.1. The Bertz CT molecular complexity index is 1440. The molecule has 0 unspecified atom stereocenters. The molecule has 224 valence electrons. The molecule has 0 saturated heterocycles. The van der Waals surface area contributed by atoms with Gasteiger partial charge < -0.3 is 10.2 Å². The van der Waals surface area contributed by atoms with Gasteiger partial charge in [0, 0.05) is 17.6 Å². The van der Waals surface area contributed by atoms with Gasteiger partial charge in [-0.3, -0.25) is 13.9 Å². The first-order valence-electron chi connectivity index (χ1n) is 14.7. The minimum atomic E-state index is -4.14. The average Bonchev–Trinajstić information content (AvgIpc) is 3.00. The van der Waals surface area contributed by atoms with Crippen molar-refractivity contribution in [2.45, 2.75) is 75.8 Å². The van der Waals surface area contributed by atoms with E-state index in [0.717, 1.165) is 35.6 Å². The van der Waals surface area contributed by atoms with E-state index in [-0.39, 0.29) is 23.4 Å². The number of carbonyl (C=O) groups is 2. The van der Waals surface area contributed by atoms with Crippen LogP contribution in [0.2, 0.25) is 5.02 Å². The van der Waals surface area contributed by atoms with Gasteiger partial charge in [-0.2, -0.15) is 0 Å². The number of nitrogens with one attached hydrogen (secondary N) is 1. The summed E-state index contributed by atoms with van der Waals surface area (Å²) in [6.45, 7) is 3.46. The van der Waals surface area contributed by atoms with Crippen molar-refractivity contribution in [2.24, 2.45) is 0 Å². The van der Waals surface area contributed by atoms with Gasteiger partial charge in [-0.05, 0) is 68.0 Å². The Balaban J connectivity index is 1.69. The van der Waals surface area contributed by atoms with Crippen molar-refractivity contribution in [2.75, 3.05) is 17.4 Å². The molecule has 0 heterocycles. The monoisotopic (exact) mass is 609 g/mol. The molecule has 0 spiro atoms. The van der Waals surface area contributed by atoms with E-state index in [1.807, 2.05) is 37.3 Å². The Hall–Kier alpha value is -3.36. The van der Waals surface area contributed by atoms with Crippen molar-refractivity contribution in [3.05, 3.63) is 95.0 Å². The lowest BCUT2D eigenvalue weighted by Gasteiger charge is -2.34. The van der Waals surface area contributed by atoms with E-state index in [1.54, 1.807) is 48.2 Å². The fraction of sp³-hybridized carbons (Fsp3) is 0.394. The van der Waals surface area contributed by atoms with Crippen LogP contribution in [0, 0.1) is 6.92 Å². The third-order valence-corrected chi connectivity index (χ3v) is 9.88. The quantitative estimate of drug-likeness (QED) is 0.267. The number of nitrogens with zero attached hydrogens (tertiary/aromatic N) is 2. The van der Waals surface area contributed by atoms with Crippen LogP contribution in [0.5, 0.6) is 0 Å². The maximum Gasteiger partial charge on any atom is 0.264 e. The molecule has 3 aromatic carbocycles. The summed E-state index contributed by atoms with van der Waals surface area (Å²) < 4.78 is 29.1. The summed E-state index contributed by atoms with van der Waals surface area (Å²) in [5.41, 5.74) is 2.00. The van der Waals surface area contributed by atoms with Gasteiger partial charge in [0.1, 0.15) is 12.6 Å². The maximum atomic E-state index is 14.2. The number of carbonyl (C=O) groups excluding carboxylic acids is 2. The fourth-order valence-corrected chi connectivity index (χ4v) is 7.18. The molecule has 0 bridgehead atoms. The lowest BCUT2D eigenvalue weighted by atomic mass is 9.95. The number of anilines is 1. The molecule has 1 N–H and O–H groups in total. The molecular formula is C33H40ClN3O4S. The number of rotatable bonds is 12. The molecule has 4 rings (SSSR count). The van der Waals surface area contributed by atoms with Crippen LogP contribution in [-0.2, 0) is 26.0 Å². The number of amides is 2. The molecule has 7 nitrogen and oxygen atoms in total. The van der Waals surface area contributed by atoms with Gasteiger partial charge in [-0.25, -0.2) is 8.42 Å². The van der Waals surface area contributed by atoms with Crippen molar-refractivity contribution in [3.63, 3.8) is 0 Å². The Morgan fingerprint density at radius 3 is 2.24 bits per heavy atom. The summed E-state index contributed by atoms with van der Waals surface area (Å²) in [5, 5.41) is 3.54. The van der Waals surface area contributed by atoms with Crippen molar-refractivity contribution >= 4 is 39.1 Å². The molecule has 1 aliphatic carbocycles. The van der Waals surface area contributed by atoms with Crippen LogP contribution in [-0.4, -0.2) is 50.3 Å². The summed E-state index contributed by atoms with van der Waals surface area (Å²) in [6, 6.07) is 22.1. The van der Waals surface area contributed by atoms with Gasteiger partial charge >= 0.3 is 0 Å². The van der Waals surface area contributed by atoms with Crippen LogP contribution in [0.3, 0.4) is 0 Å². The van der Waals surface area contributed by atoms with Crippen molar-refractivity contribution in [3.8, 4) is 0 Å². The number of halogens is 1. The predicted octanol–water partition coefficient (Wildman–Crippen LogP) is 6.14. The first-order valence-corrected chi connectivity index (χ1v) is 16.5. The zero-order valence-electron chi connectivity index (χ0n) is 24.3. The predicted molar refractivity (Wildman–Crippen MR) is 168 cm³/mol. The highest BCUT2D eigenvalue weighted by atomic mass is 35.5. The van der Waals surface area contributed by atoms with E-state index in [0.29, 0.717) is 29.1 Å². The van der Waals surface area contributed by atoms with E-state index in [4.69, 9.17) is 11.6 Å². The first kappa shape index (κ1) is 31.6. The number of sulfonamides is 1. The maximum absolute atomic E-state index is 14.2. The van der Waals surface area contributed by atoms with Crippen molar-refractivity contribution in [1.82, 2.24) is 10.2 Å². The third-order valence-electron chi connectivity index (χ3n) is 7.87. The number of hydrogen-bond donors (Lipinski definition) is 1. The molecule has 3 aromatic rings. The summed E-state index contributed by atoms with van der Waals surface area (Å²) in [7, 11) is -4.14. The Kier molecular flexibility index (Phi) is 11.0. The highest BCUT2D eigenvalue weighted by Gasteiger charge is 2.34. The van der Waals surface area contributed by atoms with Gasteiger partial charge in [-0.1, -0.05) is 92.4 Å². The molecule has 1 atom stereocenters. The molecule has 1 saturated carbocycles. The summed E-state index contributed by atoms with van der Waals surface area (Å²) >= 11 is 6.31. The van der Waals surface area contributed by atoms with Gasteiger partial charge in [-0.15, -0.1) is 0 Å². The average molecular weight is 610 g/mol. The second kappa shape index (κ2) is 14.7. The lowest BCUT2D eigenvalue weighted by Crippen LogP contribution is -2.54. The summed E-state index contributed by atoms with van der Waals surface area (Å²) in [4.78, 5) is 29.5. The second-order valence-corrected chi connectivity index (χ2v) is 13.1. The SMILES string of the molecule is CC[C@H](C(=O)NC1CCCCC1)N(CCc1ccccc1)C(=O)CN(c1cc(Cl)ccc1C)S(=O)(=O)c1ccccc1. The highest BCUT2D eigenvalue weighted by Crippen LogP contribution is 2.30. The topological polar surface area (TPSA) is 86.8 Å². The van der Waals surface area contributed by atoms with E-state index < -0.39 is 28.5 Å². The highest BCUT2D eigenvalue weighted by molar-refractivity contribution is 7.92. The molecule has 0 radical (unpaired) electrons. The van der Waals surface area contributed by atoms with E-state index in [2.05, 4.69) is 5.32 Å². The van der Waals surface area contributed by atoms with E-state index in [9.17, 15) is 18.0 Å². The van der Waals surface area contributed by atoms with E-state index >= 15 is 0 Å². The molecular weight excluding hydrogens is 570 g/mol. The van der Waals surface area contributed by atoms with Crippen LogP contribution >= 0.6 is 11.6 Å². The van der Waals surface area contributed by atoms with Crippen LogP contribution in [0.1, 0.15) is 56.6 Å². The molecule has 0 aromatic heterocycles. The largest absolute Gasteiger partial charge is 0.352 e. The van der Waals surface area contributed by atoms with Crippen molar-refractivity contribution in [1.29, 1.82) is 0 Å². The first-order chi connectivity index (χ1) is 20.2. The Morgan fingerprint density at radius 2 is 1.60 bits per heavy atom. The zero-order valence-corrected chi connectivity index (χ0v) is 25.9. The number of benzene rings is 3. The second-order valence-electron chi connectivity index (χ2n) is 10.8. The van der Waals surface area contributed by atoms with Crippen LogP contribution in [0.25, 0.3) is 0 Å². The normalized spacial score (nSPS) is 14.6.